The molecule has 0 saturated heterocycles. The van der Waals surface area contributed by atoms with Gasteiger partial charge in [-0.25, -0.2) is 0 Å². The van der Waals surface area contributed by atoms with E-state index in [2.05, 4.69) is 5.32 Å². The molecule has 0 unspecified atom stereocenters. The Hall–Kier alpha value is -1.59. The summed E-state index contributed by atoms with van der Waals surface area (Å²) in [5, 5.41) is 2.69. The number of hydrogen-bond donors (Lipinski definition) is 2. The molecule has 3 N–H and O–H groups in total. The first-order valence-corrected chi connectivity index (χ1v) is 5.86. The molecular formula is C13H20N2O3. The molecular weight excluding hydrogens is 232 g/mol. The molecule has 18 heavy (non-hydrogen) atoms. The van der Waals surface area contributed by atoms with E-state index in [-0.39, 0.29) is 12.5 Å². The third-order valence-corrected chi connectivity index (χ3v) is 2.49. The zero-order valence-corrected chi connectivity index (χ0v) is 10.9. The monoisotopic (exact) mass is 252 g/mol. The number of benzene rings is 1. The summed E-state index contributed by atoms with van der Waals surface area (Å²) >= 11 is 0. The predicted octanol–water partition coefficient (Wildman–Crippen LogP) is 0.595. The average molecular weight is 252 g/mol. The molecule has 1 aromatic carbocycles. The lowest BCUT2D eigenvalue weighted by molar-refractivity contribution is -0.123. The van der Waals surface area contributed by atoms with Gasteiger partial charge in [-0.3, -0.25) is 4.79 Å². The molecule has 0 heterocycles. The number of hydrogen-bond acceptors (Lipinski definition) is 4. The van der Waals surface area contributed by atoms with Crippen LogP contribution in [0.2, 0.25) is 0 Å². The Morgan fingerprint density at radius 2 is 2.22 bits per heavy atom. The Balaban J connectivity index is 2.50. The highest BCUT2D eigenvalue weighted by Crippen LogP contribution is 2.22. The third kappa shape index (κ3) is 4.35. The third-order valence-electron chi connectivity index (χ3n) is 2.49. The van der Waals surface area contributed by atoms with Gasteiger partial charge in [0.2, 0.25) is 0 Å². The fourth-order valence-electron chi connectivity index (χ4n) is 1.56. The molecule has 0 aliphatic carbocycles. The van der Waals surface area contributed by atoms with Crippen molar-refractivity contribution in [2.24, 2.45) is 5.73 Å². The summed E-state index contributed by atoms with van der Waals surface area (Å²) in [6, 6.07) is 5.74. The van der Waals surface area contributed by atoms with Crippen molar-refractivity contribution in [3.63, 3.8) is 0 Å². The fourth-order valence-corrected chi connectivity index (χ4v) is 1.56. The lowest BCUT2D eigenvalue weighted by atomic mass is 10.1. The smallest absolute Gasteiger partial charge is 0.258 e. The maximum atomic E-state index is 11.5. The van der Waals surface area contributed by atoms with E-state index in [0.717, 1.165) is 11.1 Å². The van der Waals surface area contributed by atoms with E-state index < -0.39 is 0 Å². The van der Waals surface area contributed by atoms with Crippen LogP contribution in [0.25, 0.3) is 0 Å². The Kier molecular flexibility index (Phi) is 6.18. The van der Waals surface area contributed by atoms with Crippen LogP contribution in [0, 0.1) is 6.92 Å². The summed E-state index contributed by atoms with van der Waals surface area (Å²) in [5.41, 5.74) is 7.50. The van der Waals surface area contributed by atoms with Crippen molar-refractivity contribution in [3.8, 4) is 5.75 Å². The number of carbonyl (C=O) groups is 1. The normalized spacial score (nSPS) is 10.2. The Morgan fingerprint density at radius 1 is 1.44 bits per heavy atom. The summed E-state index contributed by atoms with van der Waals surface area (Å²) in [4.78, 5) is 11.5. The Labute approximate surface area is 107 Å². The highest BCUT2D eigenvalue weighted by molar-refractivity contribution is 5.77. The van der Waals surface area contributed by atoms with Gasteiger partial charge in [0.05, 0.1) is 6.61 Å². The second kappa shape index (κ2) is 7.68. The highest BCUT2D eigenvalue weighted by Gasteiger charge is 2.08. The van der Waals surface area contributed by atoms with Gasteiger partial charge in [-0.05, 0) is 12.5 Å². The molecule has 0 saturated carbocycles. The molecule has 0 radical (unpaired) electrons. The molecule has 0 aliphatic rings. The van der Waals surface area contributed by atoms with E-state index in [1.165, 1.54) is 0 Å². The van der Waals surface area contributed by atoms with E-state index in [4.69, 9.17) is 15.2 Å². The van der Waals surface area contributed by atoms with Gasteiger partial charge < -0.3 is 20.5 Å². The van der Waals surface area contributed by atoms with E-state index in [9.17, 15) is 4.79 Å². The number of rotatable bonds is 7. The van der Waals surface area contributed by atoms with Crippen LogP contribution in [0.5, 0.6) is 5.75 Å². The van der Waals surface area contributed by atoms with Gasteiger partial charge in [0.1, 0.15) is 5.75 Å². The van der Waals surface area contributed by atoms with E-state index in [1.54, 1.807) is 7.11 Å². The molecule has 0 fully saturated rings. The molecule has 5 nitrogen and oxygen atoms in total. The number of aryl methyl sites for hydroxylation is 1. The Bertz CT molecular complexity index is 394. The second-order valence-electron chi connectivity index (χ2n) is 3.90. The molecule has 0 aliphatic heterocycles. The zero-order chi connectivity index (χ0) is 13.4. The quantitative estimate of drug-likeness (QED) is 0.697. The highest BCUT2D eigenvalue weighted by atomic mass is 16.5. The summed E-state index contributed by atoms with van der Waals surface area (Å²) < 4.78 is 10.4. The van der Waals surface area contributed by atoms with Crippen LogP contribution in [0.15, 0.2) is 18.2 Å². The zero-order valence-electron chi connectivity index (χ0n) is 10.9. The van der Waals surface area contributed by atoms with E-state index in [1.807, 2.05) is 25.1 Å². The van der Waals surface area contributed by atoms with Crippen LogP contribution in [0.3, 0.4) is 0 Å². The van der Waals surface area contributed by atoms with Crippen LogP contribution in [0.4, 0.5) is 0 Å². The van der Waals surface area contributed by atoms with Gasteiger partial charge in [-0.2, -0.15) is 0 Å². The van der Waals surface area contributed by atoms with Crippen LogP contribution < -0.4 is 15.8 Å². The number of amides is 1. The van der Waals surface area contributed by atoms with Crippen molar-refractivity contribution in [3.05, 3.63) is 29.3 Å². The number of ether oxygens (including phenoxy) is 2. The van der Waals surface area contributed by atoms with Gasteiger partial charge in [0.15, 0.2) is 6.61 Å². The van der Waals surface area contributed by atoms with Gasteiger partial charge in [0, 0.05) is 25.8 Å². The van der Waals surface area contributed by atoms with Gasteiger partial charge >= 0.3 is 0 Å². The molecule has 1 rings (SSSR count). The number of para-hydroxylation sites is 1. The lowest BCUT2D eigenvalue weighted by Gasteiger charge is -2.13. The van der Waals surface area contributed by atoms with E-state index in [0.29, 0.717) is 25.4 Å². The second-order valence-corrected chi connectivity index (χ2v) is 3.90. The van der Waals surface area contributed by atoms with Crippen molar-refractivity contribution >= 4 is 5.91 Å². The SMILES string of the molecule is COCCNC(=O)COc1c(C)cccc1CN. The number of carbonyl (C=O) groups excluding carboxylic acids is 1. The summed E-state index contributed by atoms with van der Waals surface area (Å²) in [6.07, 6.45) is 0. The molecule has 1 aromatic rings. The Morgan fingerprint density at radius 3 is 2.89 bits per heavy atom. The van der Waals surface area contributed by atoms with E-state index >= 15 is 0 Å². The number of methoxy groups -OCH3 is 1. The molecule has 0 atom stereocenters. The van der Waals surface area contributed by atoms with Gasteiger partial charge in [-0.15, -0.1) is 0 Å². The molecule has 100 valence electrons. The topological polar surface area (TPSA) is 73.6 Å². The van der Waals surface area contributed by atoms with Crippen molar-refractivity contribution < 1.29 is 14.3 Å². The predicted molar refractivity (Wildman–Crippen MR) is 69.5 cm³/mol. The molecule has 0 aromatic heterocycles. The first-order valence-electron chi connectivity index (χ1n) is 5.86. The maximum Gasteiger partial charge on any atom is 0.258 e. The fraction of sp³-hybridized carbons (Fsp3) is 0.462. The van der Waals surface area contributed by atoms with Crippen molar-refractivity contribution in [2.45, 2.75) is 13.5 Å². The van der Waals surface area contributed by atoms with Crippen LogP contribution in [-0.4, -0.2) is 32.8 Å². The molecule has 5 heteroatoms. The minimum absolute atomic E-state index is 0.0123. The number of nitrogens with two attached hydrogens (primary N) is 1. The standard InChI is InChI=1S/C13H20N2O3/c1-10-4-3-5-11(8-14)13(10)18-9-12(16)15-6-7-17-2/h3-5H,6-9,14H2,1-2H3,(H,15,16). The maximum absolute atomic E-state index is 11.5. The van der Waals surface area contributed by atoms with Gasteiger partial charge in [0.25, 0.3) is 5.91 Å². The minimum Gasteiger partial charge on any atom is -0.483 e. The van der Waals surface area contributed by atoms with Crippen LogP contribution in [-0.2, 0) is 16.1 Å². The first kappa shape index (κ1) is 14.5. The molecule has 1 amide bonds. The van der Waals surface area contributed by atoms with Crippen LogP contribution >= 0.6 is 0 Å². The summed E-state index contributed by atoms with van der Waals surface area (Å²) in [5.74, 6) is 0.528. The van der Waals surface area contributed by atoms with Crippen LogP contribution in [0.1, 0.15) is 11.1 Å². The largest absolute Gasteiger partial charge is 0.483 e. The first-order chi connectivity index (χ1) is 8.69. The van der Waals surface area contributed by atoms with Crippen molar-refractivity contribution in [1.29, 1.82) is 0 Å². The van der Waals surface area contributed by atoms with Crippen molar-refractivity contribution in [1.82, 2.24) is 5.32 Å². The average Bonchev–Trinajstić information content (AvgIpc) is 2.37. The molecule has 0 spiro atoms. The summed E-state index contributed by atoms with van der Waals surface area (Å²) in [7, 11) is 1.59. The minimum atomic E-state index is -0.168. The summed E-state index contributed by atoms with van der Waals surface area (Å²) in [6.45, 7) is 3.28. The molecule has 0 bridgehead atoms. The lowest BCUT2D eigenvalue weighted by Crippen LogP contribution is -2.31. The number of nitrogens with one attached hydrogen (secondary N) is 1. The van der Waals surface area contributed by atoms with Crippen molar-refractivity contribution in [2.75, 3.05) is 26.9 Å². The van der Waals surface area contributed by atoms with Gasteiger partial charge in [-0.1, -0.05) is 18.2 Å².